The predicted molar refractivity (Wildman–Crippen MR) is 96.4 cm³/mol. The number of nitrogens with zero attached hydrogens (tertiary/aromatic N) is 1. The Hall–Kier alpha value is -2.46. The molecule has 4 heteroatoms. The Morgan fingerprint density at radius 3 is 2.09 bits per heavy atom. The zero-order valence-corrected chi connectivity index (χ0v) is 14.1. The van der Waals surface area contributed by atoms with Gasteiger partial charge in [-0.05, 0) is 41.8 Å². The molecule has 114 valence electrons. The summed E-state index contributed by atoms with van der Waals surface area (Å²) in [5.74, 6) is 0. The average Bonchev–Trinajstić information content (AvgIpc) is 2.56. The number of non-ortho nitro benzene ring substituents is 1. The van der Waals surface area contributed by atoms with E-state index >= 15 is 0 Å². The van der Waals surface area contributed by atoms with Crippen LogP contribution in [-0.2, 0) is 0 Å². The van der Waals surface area contributed by atoms with Crippen LogP contribution in [-0.4, -0.2) is 4.92 Å². The van der Waals surface area contributed by atoms with Crippen LogP contribution in [0.2, 0.25) is 0 Å². The molecule has 0 amide bonds. The molecule has 3 rings (SSSR count). The number of nitro benzene ring substituents is 1. The van der Waals surface area contributed by atoms with E-state index in [1.165, 1.54) is 17.7 Å². The Balaban J connectivity index is 2.14. The second-order valence-corrected chi connectivity index (χ2v) is 6.19. The van der Waals surface area contributed by atoms with Crippen molar-refractivity contribution in [2.24, 2.45) is 0 Å². The summed E-state index contributed by atoms with van der Waals surface area (Å²) in [6.07, 6.45) is 0. The molecule has 0 aliphatic heterocycles. The number of benzene rings is 3. The molecule has 0 bridgehead atoms. The van der Waals surface area contributed by atoms with Gasteiger partial charge in [0.05, 0.1) is 4.92 Å². The van der Waals surface area contributed by atoms with Gasteiger partial charge in [0.15, 0.2) is 0 Å². The van der Waals surface area contributed by atoms with Gasteiger partial charge in [-0.25, -0.2) is 0 Å². The van der Waals surface area contributed by atoms with Crippen LogP contribution in [0.25, 0.3) is 22.3 Å². The molecule has 3 aromatic rings. The zero-order valence-electron chi connectivity index (χ0n) is 12.5. The molecule has 0 aliphatic carbocycles. The van der Waals surface area contributed by atoms with Crippen LogP contribution >= 0.6 is 15.9 Å². The highest BCUT2D eigenvalue weighted by molar-refractivity contribution is 9.10. The summed E-state index contributed by atoms with van der Waals surface area (Å²) in [6.45, 7) is 2.06. The lowest BCUT2D eigenvalue weighted by atomic mass is 9.94. The fourth-order valence-electron chi connectivity index (χ4n) is 2.54. The first-order valence-corrected chi connectivity index (χ1v) is 7.96. The second kappa shape index (κ2) is 6.34. The minimum absolute atomic E-state index is 0.0978. The maximum Gasteiger partial charge on any atom is 0.269 e. The van der Waals surface area contributed by atoms with E-state index in [0.717, 1.165) is 26.7 Å². The predicted octanol–water partition coefficient (Wildman–Crippen LogP) is 6.00. The molecule has 0 saturated carbocycles. The number of hydrogen-bond donors (Lipinski definition) is 0. The summed E-state index contributed by atoms with van der Waals surface area (Å²) >= 11 is 3.63. The molecule has 0 N–H and O–H groups in total. The van der Waals surface area contributed by atoms with Crippen molar-refractivity contribution in [1.82, 2.24) is 0 Å². The van der Waals surface area contributed by atoms with Gasteiger partial charge in [-0.15, -0.1) is 0 Å². The van der Waals surface area contributed by atoms with E-state index < -0.39 is 0 Å². The Labute approximate surface area is 142 Å². The molecule has 0 fully saturated rings. The van der Waals surface area contributed by atoms with Crippen molar-refractivity contribution < 1.29 is 4.92 Å². The monoisotopic (exact) mass is 367 g/mol. The quantitative estimate of drug-likeness (QED) is 0.420. The molecule has 3 aromatic carbocycles. The van der Waals surface area contributed by atoms with E-state index in [2.05, 4.69) is 47.1 Å². The topological polar surface area (TPSA) is 43.1 Å². The zero-order chi connectivity index (χ0) is 16.4. The molecule has 23 heavy (non-hydrogen) atoms. The molecule has 0 saturated heterocycles. The van der Waals surface area contributed by atoms with Gasteiger partial charge in [-0.1, -0.05) is 57.9 Å². The SMILES string of the molecule is Cc1ccc(-c2c(Br)cccc2-c2ccc([N+](=O)[O-])cc2)cc1. The van der Waals surface area contributed by atoms with Gasteiger partial charge in [0, 0.05) is 22.2 Å². The molecule has 3 nitrogen and oxygen atoms in total. The fourth-order valence-corrected chi connectivity index (χ4v) is 3.14. The molecule has 0 atom stereocenters. The highest BCUT2D eigenvalue weighted by Gasteiger charge is 2.12. The maximum atomic E-state index is 10.8. The molecule has 0 unspecified atom stereocenters. The number of halogens is 1. The lowest BCUT2D eigenvalue weighted by Gasteiger charge is -2.12. The highest BCUT2D eigenvalue weighted by Crippen LogP contribution is 2.38. The smallest absolute Gasteiger partial charge is 0.258 e. The summed E-state index contributed by atoms with van der Waals surface area (Å²) < 4.78 is 0.997. The number of hydrogen-bond acceptors (Lipinski definition) is 2. The van der Waals surface area contributed by atoms with Crippen LogP contribution < -0.4 is 0 Å². The van der Waals surface area contributed by atoms with E-state index in [-0.39, 0.29) is 10.6 Å². The Morgan fingerprint density at radius 1 is 0.870 bits per heavy atom. The van der Waals surface area contributed by atoms with Crippen LogP contribution in [0.5, 0.6) is 0 Å². The van der Waals surface area contributed by atoms with Gasteiger partial charge in [0.2, 0.25) is 0 Å². The average molecular weight is 368 g/mol. The van der Waals surface area contributed by atoms with Crippen LogP contribution in [0, 0.1) is 17.0 Å². The largest absolute Gasteiger partial charge is 0.269 e. The van der Waals surface area contributed by atoms with Gasteiger partial charge in [-0.2, -0.15) is 0 Å². The maximum absolute atomic E-state index is 10.8. The van der Waals surface area contributed by atoms with Crippen molar-refractivity contribution in [2.75, 3.05) is 0 Å². The summed E-state index contributed by atoms with van der Waals surface area (Å²) in [6, 6.07) is 21.0. The van der Waals surface area contributed by atoms with Gasteiger partial charge in [0.25, 0.3) is 5.69 Å². The number of rotatable bonds is 3. The van der Waals surface area contributed by atoms with Crippen molar-refractivity contribution in [3.05, 3.63) is 86.9 Å². The number of aryl methyl sites for hydroxylation is 1. The summed E-state index contributed by atoms with van der Waals surface area (Å²) in [7, 11) is 0. The van der Waals surface area contributed by atoms with Crippen LogP contribution in [0.15, 0.2) is 71.2 Å². The third kappa shape index (κ3) is 3.17. The fraction of sp³-hybridized carbons (Fsp3) is 0.0526. The lowest BCUT2D eigenvalue weighted by Crippen LogP contribution is -1.89. The van der Waals surface area contributed by atoms with Crippen LogP contribution in [0.1, 0.15) is 5.56 Å². The van der Waals surface area contributed by atoms with Crippen molar-refractivity contribution in [1.29, 1.82) is 0 Å². The van der Waals surface area contributed by atoms with E-state index in [4.69, 9.17) is 0 Å². The minimum atomic E-state index is -0.383. The molecule has 0 radical (unpaired) electrons. The van der Waals surface area contributed by atoms with Gasteiger partial charge < -0.3 is 0 Å². The second-order valence-electron chi connectivity index (χ2n) is 5.33. The van der Waals surface area contributed by atoms with Gasteiger partial charge >= 0.3 is 0 Å². The first kappa shape index (κ1) is 15.4. The standard InChI is InChI=1S/C19H14BrNO2/c1-13-5-7-15(8-6-13)19-17(3-2-4-18(19)20)14-9-11-16(12-10-14)21(22)23/h2-12H,1H3. The first-order valence-electron chi connectivity index (χ1n) is 7.16. The van der Waals surface area contributed by atoms with E-state index in [9.17, 15) is 10.1 Å². The highest BCUT2D eigenvalue weighted by atomic mass is 79.9. The Morgan fingerprint density at radius 2 is 1.48 bits per heavy atom. The third-order valence-corrected chi connectivity index (χ3v) is 4.40. The number of nitro groups is 1. The first-order chi connectivity index (χ1) is 11.1. The van der Waals surface area contributed by atoms with Gasteiger partial charge in [-0.3, -0.25) is 10.1 Å². The Bertz CT molecular complexity index is 856. The van der Waals surface area contributed by atoms with Crippen molar-refractivity contribution in [3.63, 3.8) is 0 Å². The van der Waals surface area contributed by atoms with E-state index in [0.29, 0.717) is 0 Å². The minimum Gasteiger partial charge on any atom is -0.258 e. The molecular formula is C19H14BrNO2. The molecule has 0 heterocycles. The lowest BCUT2D eigenvalue weighted by molar-refractivity contribution is -0.384. The van der Waals surface area contributed by atoms with Crippen molar-refractivity contribution >= 4 is 21.6 Å². The summed E-state index contributed by atoms with van der Waals surface area (Å²) in [5.41, 5.74) is 5.49. The molecule has 0 aromatic heterocycles. The van der Waals surface area contributed by atoms with Crippen molar-refractivity contribution in [3.8, 4) is 22.3 Å². The van der Waals surface area contributed by atoms with Crippen LogP contribution in [0.4, 0.5) is 5.69 Å². The van der Waals surface area contributed by atoms with Crippen molar-refractivity contribution in [2.45, 2.75) is 6.92 Å². The van der Waals surface area contributed by atoms with E-state index in [1.54, 1.807) is 12.1 Å². The summed E-state index contributed by atoms with van der Waals surface area (Å²) in [4.78, 5) is 10.4. The molecule has 0 aliphatic rings. The molecule has 0 spiro atoms. The summed E-state index contributed by atoms with van der Waals surface area (Å²) in [5, 5.41) is 10.8. The van der Waals surface area contributed by atoms with E-state index in [1.807, 2.05) is 18.2 Å². The molecular weight excluding hydrogens is 354 g/mol. The third-order valence-electron chi connectivity index (χ3n) is 3.74. The van der Waals surface area contributed by atoms with Gasteiger partial charge in [0.1, 0.15) is 0 Å². The normalized spacial score (nSPS) is 10.5. The van der Waals surface area contributed by atoms with Crippen LogP contribution in [0.3, 0.4) is 0 Å². The Kier molecular flexibility index (Phi) is 4.26.